The quantitative estimate of drug-likeness (QED) is 0.750. The molecule has 1 saturated heterocycles. The van der Waals surface area contributed by atoms with Gasteiger partial charge in [0.05, 0.1) is 32.5 Å². The van der Waals surface area contributed by atoms with Gasteiger partial charge in [-0.1, -0.05) is 0 Å². The lowest BCUT2D eigenvalue weighted by molar-refractivity contribution is -0.130. The number of amides is 2. The molecule has 0 bridgehead atoms. The molecule has 0 saturated carbocycles. The van der Waals surface area contributed by atoms with E-state index in [2.05, 4.69) is 15.1 Å². The standard InChI is InChI=1S/C20H32N4O4/c1-15(20(26)21-17-13-16(27-4)7-8-18(17)28-5)24-10-6-9-23(11-12-24)14-19(25)22(2)3/h7-8,13,15H,6,9-12,14H2,1-5H3,(H,21,26). The van der Waals surface area contributed by atoms with Gasteiger partial charge in [-0.25, -0.2) is 0 Å². The fourth-order valence-corrected chi connectivity index (χ4v) is 3.18. The monoisotopic (exact) mass is 392 g/mol. The summed E-state index contributed by atoms with van der Waals surface area (Å²) in [5.41, 5.74) is 0.590. The lowest BCUT2D eigenvalue weighted by Crippen LogP contribution is -2.44. The predicted molar refractivity (Wildman–Crippen MR) is 109 cm³/mol. The van der Waals surface area contributed by atoms with Gasteiger partial charge in [-0.2, -0.15) is 0 Å². The molecule has 2 amide bonds. The van der Waals surface area contributed by atoms with Crippen LogP contribution in [0.3, 0.4) is 0 Å². The Bertz CT molecular complexity index is 680. The van der Waals surface area contributed by atoms with Gasteiger partial charge in [0.2, 0.25) is 11.8 Å². The Kier molecular flexibility index (Phi) is 8.07. The molecule has 1 unspecified atom stereocenters. The molecule has 1 heterocycles. The van der Waals surface area contributed by atoms with E-state index in [1.807, 2.05) is 6.92 Å². The molecule has 1 N–H and O–H groups in total. The van der Waals surface area contributed by atoms with Crippen molar-refractivity contribution in [3.05, 3.63) is 18.2 Å². The van der Waals surface area contributed by atoms with Crippen molar-refractivity contribution in [2.75, 3.05) is 66.4 Å². The van der Waals surface area contributed by atoms with E-state index in [9.17, 15) is 9.59 Å². The topological polar surface area (TPSA) is 74.4 Å². The minimum Gasteiger partial charge on any atom is -0.497 e. The molecule has 0 spiro atoms. The number of nitrogens with one attached hydrogen (secondary N) is 1. The Morgan fingerprint density at radius 1 is 1.14 bits per heavy atom. The minimum atomic E-state index is -0.291. The number of carbonyl (C=O) groups excluding carboxylic acids is 2. The smallest absolute Gasteiger partial charge is 0.241 e. The average Bonchev–Trinajstić information content (AvgIpc) is 2.92. The highest BCUT2D eigenvalue weighted by Gasteiger charge is 2.25. The second-order valence-electron chi connectivity index (χ2n) is 7.19. The maximum absolute atomic E-state index is 12.8. The van der Waals surface area contributed by atoms with E-state index in [4.69, 9.17) is 9.47 Å². The van der Waals surface area contributed by atoms with Gasteiger partial charge in [0.1, 0.15) is 11.5 Å². The minimum absolute atomic E-state index is 0.0932. The Morgan fingerprint density at radius 2 is 1.89 bits per heavy atom. The van der Waals surface area contributed by atoms with Crippen molar-refractivity contribution in [3.8, 4) is 11.5 Å². The van der Waals surface area contributed by atoms with Crippen LogP contribution < -0.4 is 14.8 Å². The molecule has 28 heavy (non-hydrogen) atoms. The second-order valence-corrected chi connectivity index (χ2v) is 7.19. The molecule has 8 heteroatoms. The average molecular weight is 393 g/mol. The van der Waals surface area contributed by atoms with E-state index in [0.29, 0.717) is 23.7 Å². The molecular weight excluding hydrogens is 360 g/mol. The zero-order valence-corrected chi connectivity index (χ0v) is 17.5. The van der Waals surface area contributed by atoms with E-state index in [0.717, 1.165) is 32.6 Å². The number of hydrogen-bond acceptors (Lipinski definition) is 6. The molecular formula is C20H32N4O4. The number of rotatable bonds is 7. The number of carbonyl (C=O) groups is 2. The Balaban J connectivity index is 1.97. The second kappa shape index (κ2) is 10.3. The van der Waals surface area contributed by atoms with Crippen LogP contribution in [0.25, 0.3) is 0 Å². The number of anilines is 1. The van der Waals surface area contributed by atoms with Crippen LogP contribution >= 0.6 is 0 Å². The van der Waals surface area contributed by atoms with Crippen molar-refractivity contribution >= 4 is 17.5 Å². The summed E-state index contributed by atoms with van der Waals surface area (Å²) in [7, 11) is 6.69. The van der Waals surface area contributed by atoms with Crippen LogP contribution in [0.15, 0.2) is 18.2 Å². The zero-order valence-electron chi connectivity index (χ0n) is 17.5. The van der Waals surface area contributed by atoms with Gasteiger partial charge in [-0.05, 0) is 32.0 Å². The van der Waals surface area contributed by atoms with Gasteiger partial charge in [-0.3, -0.25) is 19.4 Å². The molecule has 1 fully saturated rings. The third kappa shape index (κ3) is 5.84. The molecule has 0 aliphatic carbocycles. The molecule has 1 aromatic carbocycles. The number of ether oxygens (including phenoxy) is 2. The first-order chi connectivity index (χ1) is 13.3. The number of methoxy groups -OCH3 is 2. The van der Waals surface area contributed by atoms with Crippen molar-refractivity contribution in [1.82, 2.24) is 14.7 Å². The molecule has 1 aromatic rings. The summed E-state index contributed by atoms with van der Waals surface area (Å²) >= 11 is 0. The van der Waals surface area contributed by atoms with Crippen LogP contribution in [0.1, 0.15) is 13.3 Å². The van der Waals surface area contributed by atoms with Crippen LogP contribution in [-0.4, -0.2) is 93.6 Å². The van der Waals surface area contributed by atoms with Gasteiger partial charge >= 0.3 is 0 Å². The van der Waals surface area contributed by atoms with Crippen molar-refractivity contribution in [3.63, 3.8) is 0 Å². The lowest BCUT2D eigenvalue weighted by atomic mass is 10.2. The largest absolute Gasteiger partial charge is 0.497 e. The van der Waals surface area contributed by atoms with Gasteiger partial charge in [0.25, 0.3) is 0 Å². The van der Waals surface area contributed by atoms with Crippen molar-refractivity contribution in [2.24, 2.45) is 0 Å². The number of benzene rings is 1. The van der Waals surface area contributed by atoms with E-state index in [1.165, 1.54) is 0 Å². The Labute approximate surface area is 167 Å². The van der Waals surface area contributed by atoms with Crippen molar-refractivity contribution in [2.45, 2.75) is 19.4 Å². The van der Waals surface area contributed by atoms with Crippen LogP contribution in [0.4, 0.5) is 5.69 Å². The summed E-state index contributed by atoms with van der Waals surface area (Å²) in [6.45, 7) is 5.50. The molecule has 1 aliphatic rings. The fourth-order valence-electron chi connectivity index (χ4n) is 3.18. The third-order valence-electron chi connectivity index (χ3n) is 5.07. The van der Waals surface area contributed by atoms with E-state index in [-0.39, 0.29) is 17.9 Å². The number of nitrogens with zero attached hydrogens (tertiary/aromatic N) is 3. The van der Waals surface area contributed by atoms with E-state index >= 15 is 0 Å². The summed E-state index contributed by atoms with van der Waals surface area (Å²) in [5.74, 6) is 1.25. The lowest BCUT2D eigenvalue weighted by Gasteiger charge is -2.27. The maximum Gasteiger partial charge on any atom is 0.241 e. The van der Waals surface area contributed by atoms with Gasteiger partial charge in [-0.15, -0.1) is 0 Å². The van der Waals surface area contributed by atoms with Crippen LogP contribution in [0.5, 0.6) is 11.5 Å². The van der Waals surface area contributed by atoms with Crippen molar-refractivity contribution in [1.29, 1.82) is 0 Å². The fraction of sp³-hybridized carbons (Fsp3) is 0.600. The van der Waals surface area contributed by atoms with Crippen LogP contribution in [0, 0.1) is 0 Å². The maximum atomic E-state index is 12.8. The van der Waals surface area contributed by atoms with Gasteiger partial charge < -0.3 is 19.7 Å². The SMILES string of the molecule is COc1ccc(OC)c(NC(=O)C(C)N2CCCN(CC(=O)N(C)C)CC2)c1. The summed E-state index contributed by atoms with van der Waals surface area (Å²) in [6.07, 6.45) is 0.917. The summed E-state index contributed by atoms with van der Waals surface area (Å²) in [6, 6.07) is 5.02. The third-order valence-corrected chi connectivity index (χ3v) is 5.07. The highest BCUT2D eigenvalue weighted by atomic mass is 16.5. The predicted octanol–water partition coefficient (Wildman–Crippen LogP) is 1.13. The zero-order chi connectivity index (χ0) is 20.7. The highest BCUT2D eigenvalue weighted by Crippen LogP contribution is 2.29. The Morgan fingerprint density at radius 3 is 2.54 bits per heavy atom. The van der Waals surface area contributed by atoms with Crippen LogP contribution in [-0.2, 0) is 9.59 Å². The molecule has 2 rings (SSSR count). The first kappa shape index (κ1) is 22.0. The normalized spacial score (nSPS) is 16.8. The van der Waals surface area contributed by atoms with Gasteiger partial charge in [0, 0.05) is 39.8 Å². The first-order valence-corrected chi connectivity index (χ1v) is 9.55. The van der Waals surface area contributed by atoms with Crippen molar-refractivity contribution < 1.29 is 19.1 Å². The van der Waals surface area contributed by atoms with E-state index < -0.39 is 0 Å². The summed E-state index contributed by atoms with van der Waals surface area (Å²) in [4.78, 5) is 30.7. The number of hydrogen-bond donors (Lipinski definition) is 1. The summed E-state index contributed by atoms with van der Waals surface area (Å²) < 4.78 is 10.6. The van der Waals surface area contributed by atoms with E-state index in [1.54, 1.807) is 51.4 Å². The molecule has 156 valence electrons. The molecule has 8 nitrogen and oxygen atoms in total. The number of likely N-dealkylation sites (N-methyl/N-ethyl adjacent to an activating group) is 1. The van der Waals surface area contributed by atoms with Gasteiger partial charge in [0.15, 0.2) is 0 Å². The first-order valence-electron chi connectivity index (χ1n) is 9.55. The molecule has 0 aromatic heterocycles. The highest BCUT2D eigenvalue weighted by molar-refractivity contribution is 5.96. The molecule has 0 radical (unpaired) electrons. The molecule has 1 aliphatic heterocycles. The van der Waals surface area contributed by atoms with Crippen LogP contribution in [0.2, 0.25) is 0 Å². The molecule has 1 atom stereocenters. The Hall–Kier alpha value is -2.32. The summed E-state index contributed by atoms with van der Waals surface area (Å²) in [5, 5.41) is 2.95.